The third kappa shape index (κ3) is 5.25. The maximum atomic E-state index is 13.3. The van der Waals surface area contributed by atoms with Gasteiger partial charge in [0, 0.05) is 17.1 Å². The predicted molar refractivity (Wildman–Crippen MR) is 114 cm³/mol. The molecule has 1 aliphatic heterocycles. The molecule has 176 valence electrons. The van der Waals surface area contributed by atoms with Gasteiger partial charge < -0.3 is 25.2 Å². The first-order chi connectivity index (χ1) is 15.6. The normalized spacial score (nSPS) is 13.6. The molecule has 9 nitrogen and oxygen atoms in total. The van der Waals surface area contributed by atoms with E-state index in [1.807, 2.05) is 0 Å². The molecule has 12 heteroatoms. The Labute approximate surface area is 192 Å². The molecule has 1 aliphatic rings. The first-order valence-electron chi connectivity index (χ1n) is 9.74. The number of ether oxygens (including phenoxy) is 2. The van der Waals surface area contributed by atoms with Crippen LogP contribution in [0.15, 0.2) is 30.3 Å². The summed E-state index contributed by atoms with van der Waals surface area (Å²) in [4.78, 5) is 37.6. The third-order valence-electron chi connectivity index (χ3n) is 4.94. The van der Waals surface area contributed by atoms with Crippen molar-refractivity contribution in [1.82, 2.24) is 4.90 Å². The number of halogens is 3. The van der Waals surface area contributed by atoms with Crippen molar-refractivity contribution in [2.45, 2.75) is 32.5 Å². The molecule has 0 spiro atoms. The molecule has 1 heterocycles. The number of primary amides is 1. The lowest BCUT2D eigenvalue weighted by Gasteiger charge is -2.28. The minimum Gasteiger partial charge on any atom is -0.490 e. The third-order valence-corrected chi connectivity index (χ3v) is 5.29. The highest BCUT2D eigenvalue weighted by molar-refractivity contribution is 6.32. The molecule has 0 bridgehead atoms. The number of benzene rings is 2. The molecule has 3 amide bonds. The number of rotatable bonds is 9. The van der Waals surface area contributed by atoms with Crippen molar-refractivity contribution in [1.29, 1.82) is 0 Å². The van der Waals surface area contributed by atoms with Gasteiger partial charge in [-0.1, -0.05) is 17.7 Å². The summed E-state index contributed by atoms with van der Waals surface area (Å²) in [6.07, 6.45) is -1.66. The van der Waals surface area contributed by atoms with E-state index in [1.165, 1.54) is 35.2 Å². The van der Waals surface area contributed by atoms with Gasteiger partial charge in [0.05, 0.1) is 30.3 Å². The van der Waals surface area contributed by atoms with E-state index in [9.17, 15) is 23.2 Å². The van der Waals surface area contributed by atoms with Gasteiger partial charge in [-0.3, -0.25) is 14.9 Å². The zero-order valence-corrected chi connectivity index (χ0v) is 18.1. The number of hydrogen-bond donors (Lipinski definition) is 3. The van der Waals surface area contributed by atoms with Crippen molar-refractivity contribution in [3.05, 3.63) is 52.0 Å². The Kier molecular flexibility index (Phi) is 7.22. The zero-order valence-electron chi connectivity index (χ0n) is 17.3. The first-order valence-corrected chi connectivity index (χ1v) is 10.1. The Morgan fingerprint density at radius 2 is 2.00 bits per heavy atom. The van der Waals surface area contributed by atoms with Gasteiger partial charge in [-0.05, 0) is 36.8 Å². The first kappa shape index (κ1) is 24.1. The number of anilines is 1. The summed E-state index contributed by atoms with van der Waals surface area (Å²) >= 11 is 6.25. The number of carbonyl (C=O) groups excluding carboxylic acids is 2. The van der Waals surface area contributed by atoms with E-state index < -0.39 is 30.6 Å². The van der Waals surface area contributed by atoms with Crippen LogP contribution in [-0.2, 0) is 11.3 Å². The number of fused-ring (bicyclic) bond motifs is 1. The van der Waals surface area contributed by atoms with E-state index in [0.717, 1.165) is 0 Å². The second-order valence-electron chi connectivity index (χ2n) is 7.02. The van der Waals surface area contributed by atoms with Crippen LogP contribution >= 0.6 is 11.6 Å². The molecule has 0 saturated carbocycles. The van der Waals surface area contributed by atoms with Crippen LogP contribution in [0, 0.1) is 0 Å². The van der Waals surface area contributed by atoms with Crippen LogP contribution in [0.25, 0.3) is 0 Å². The Hall–Kier alpha value is -3.60. The number of amides is 3. The second kappa shape index (κ2) is 9.90. The summed E-state index contributed by atoms with van der Waals surface area (Å²) in [6, 6.07) is 5.97. The molecule has 0 saturated heterocycles. The summed E-state index contributed by atoms with van der Waals surface area (Å²) in [5.41, 5.74) is 6.28. The maximum absolute atomic E-state index is 13.3. The lowest BCUT2D eigenvalue weighted by atomic mass is 10.0. The molecule has 0 aliphatic carbocycles. The Morgan fingerprint density at radius 3 is 2.61 bits per heavy atom. The Balaban J connectivity index is 2.04. The molecule has 0 radical (unpaired) electrons. The van der Waals surface area contributed by atoms with Gasteiger partial charge in [-0.15, -0.1) is 0 Å². The molecule has 3 rings (SSSR count). The smallest absolute Gasteiger partial charge is 0.409 e. The van der Waals surface area contributed by atoms with E-state index in [-0.39, 0.29) is 47.3 Å². The van der Waals surface area contributed by atoms with Crippen LogP contribution in [0.1, 0.15) is 40.9 Å². The SMILES string of the molecule is CCOc1cc(C(CC(N)=O)N2Cc3c(Cl)ccc(NC(=O)O)c3C2=O)ccc1OC(F)F. The second-order valence-corrected chi connectivity index (χ2v) is 7.42. The zero-order chi connectivity index (χ0) is 24.3. The summed E-state index contributed by atoms with van der Waals surface area (Å²) < 4.78 is 35.3. The van der Waals surface area contributed by atoms with Gasteiger partial charge in [-0.25, -0.2) is 4.79 Å². The highest BCUT2D eigenvalue weighted by Crippen LogP contribution is 2.41. The molecule has 2 aromatic carbocycles. The van der Waals surface area contributed by atoms with E-state index in [2.05, 4.69) is 10.1 Å². The maximum Gasteiger partial charge on any atom is 0.409 e. The molecule has 1 atom stereocenters. The molecular formula is C21H20ClF2N3O6. The molecule has 1 unspecified atom stereocenters. The fourth-order valence-electron chi connectivity index (χ4n) is 3.67. The number of alkyl halides is 2. The number of nitrogens with two attached hydrogens (primary N) is 1. The van der Waals surface area contributed by atoms with Crippen molar-refractivity contribution in [3.63, 3.8) is 0 Å². The van der Waals surface area contributed by atoms with Crippen LogP contribution in [0.3, 0.4) is 0 Å². The largest absolute Gasteiger partial charge is 0.490 e. The quantitative estimate of drug-likeness (QED) is 0.494. The van der Waals surface area contributed by atoms with Gasteiger partial charge in [0.1, 0.15) is 0 Å². The van der Waals surface area contributed by atoms with Gasteiger partial charge >= 0.3 is 12.7 Å². The van der Waals surface area contributed by atoms with E-state index in [4.69, 9.17) is 27.2 Å². The van der Waals surface area contributed by atoms with Crippen LogP contribution in [-0.4, -0.2) is 41.1 Å². The highest BCUT2D eigenvalue weighted by atomic mass is 35.5. The van der Waals surface area contributed by atoms with Crippen molar-refractivity contribution < 1.29 is 37.7 Å². The highest BCUT2D eigenvalue weighted by Gasteiger charge is 2.38. The Morgan fingerprint density at radius 1 is 1.27 bits per heavy atom. The lowest BCUT2D eigenvalue weighted by molar-refractivity contribution is -0.119. The Bertz CT molecular complexity index is 1100. The van der Waals surface area contributed by atoms with Crippen LogP contribution in [0.5, 0.6) is 11.5 Å². The molecule has 4 N–H and O–H groups in total. The molecule has 33 heavy (non-hydrogen) atoms. The van der Waals surface area contributed by atoms with Crippen molar-refractivity contribution in [3.8, 4) is 11.5 Å². The van der Waals surface area contributed by atoms with Gasteiger partial charge in [0.2, 0.25) is 5.91 Å². The predicted octanol–water partition coefficient (Wildman–Crippen LogP) is 4.00. The van der Waals surface area contributed by atoms with Crippen molar-refractivity contribution >= 4 is 35.2 Å². The molecule has 2 aromatic rings. The number of hydrogen-bond acceptors (Lipinski definition) is 5. The van der Waals surface area contributed by atoms with Gasteiger partial charge in [-0.2, -0.15) is 8.78 Å². The van der Waals surface area contributed by atoms with E-state index in [1.54, 1.807) is 6.92 Å². The number of carboxylic acid groups (broad SMARTS) is 1. The van der Waals surface area contributed by atoms with E-state index >= 15 is 0 Å². The standard InChI is InChI=1S/C21H20ClF2N3O6/c1-2-32-16-7-10(3-6-15(16)33-20(23)24)14(8-17(25)28)27-9-11-12(22)4-5-13(26-21(30)31)18(11)19(27)29/h3-7,14,20,26H,2,8-9H2,1H3,(H2,25,28)(H,30,31). The number of carbonyl (C=O) groups is 3. The molecular weight excluding hydrogens is 464 g/mol. The van der Waals surface area contributed by atoms with Gasteiger partial charge in [0.15, 0.2) is 11.5 Å². The number of nitrogens with zero attached hydrogens (tertiary/aromatic N) is 1. The van der Waals surface area contributed by atoms with Crippen LogP contribution < -0.4 is 20.5 Å². The van der Waals surface area contributed by atoms with Crippen molar-refractivity contribution in [2.75, 3.05) is 11.9 Å². The monoisotopic (exact) mass is 483 g/mol. The summed E-state index contributed by atoms with van der Waals surface area (Å²) in [6.45, 7) is -1.30. The minimum absolute atomic E-state index is 0.000181. The molecule has 0 fully saturated rings. The van der Waals surface area contributed by atoms with E-state index in [0.29, 0.717) is 11.1 Å². The lowest BCUT2D eigenvalue weighted by Crippen LogP contribution is -2.32. The minimum atomic E-state index is -3.08. The van der Waals surface area contributed by atoms with Gasteiger partial charge in [0.25, 0.3) is 5.91 Å². The average molecular weight is 484 g/mol. The average Bonchev–Trinajstić information content (AvgIpc) is 3.07. The fourth-order valence-corrected chi connectivity index (χ4v) is 3.89. The summed E-state index contributed by atoms with van der Waals surface area (Å²) in [7, 11) is 0. The summed E-state index contributed by atoms with van der Waals surface area (Å²) in [5.74, 6) is -1.50. The topological polar surface area (TPSA) is 131 Å². The molecule has 0 aromatic heterocycles. The van der Waals surface area contributed by atoms with Crippen LogP contribution in [0.2, 0.25) is 5.02 Å². The van der Waals surface area contributed by atoms with Crippen LogP contribution in [0.4, 0.5) is 19.3 Å². The number of nitrogens with one attached hydrogen (secondary N) is 1. The van der Waals surface area contributed by atoms with Crippen molar-refractivity contribution in [2.24, 2.45) is 5.73 Å². The fraction of sp³-hybridized carbons (Fsp3) is 0.286. The summed E-state index contributed by atoms with van der Waals surface area (Å²) in [5, 5.41) is 11.5.